The molecule has 0 spiro atoms. The van der Waals surface area contributed by atoms with Gasteiger partial charge in [0.15, 0.2) is 6.10 Å². The van der Waals surface area contributed by atoms with Gasteiger partial charge in [-0.05, 0) is 128 Å². The summed E-state index contributed by atoms with van der Waals surface area (Å²) in [6.07, 6.45) is 92.4. The smallest absolute Gasteiger partial charge is 0.306 e. The lowest BCUT2D eigenvalue weighted by atomic mass is 10.0. The maximum Gasteiger partial charge on any atom is 0.306 e. The Bertz CT molecular complexity index is 1640. The van der Waals surface area contributed by atoms with Crippen LogP contribution in [0, 0.1) is 0 Å². The predicted octanol–water partition coefficient (Wildman–Crippen LogP) is 22.8. The van der Waals surface area contributed by atoms with Gasteiger partial charge in [0.1, 0.15) is 13.2 Å². The summed E-state index contributed by atoms with van der Waals surface area (Å²) in [4.78, 5) is 38.3. The molecule has 0 aliphatic carbocycles. The van der Waals surface area contributed by atoms with Crippen LogP contribution < -0.4 is 0 Å². The average Bonchev–Trinajstić information content (AvgIpc) is 3.45. The highest BCUT2D eigenvalue weighted by atomic mass is 16.6. The van der Waals surface area contributed by atoms with Crippen molar-refractivity contribution in [3.63, 3.8) is 0 Å². The molecule has 1 unspecified atom stereocenters. The number of ether oxygens (including phenoxy) is 3. The lowest BCUT2D eigenvalue weighted by molar-refractivity contribution is -0.167. The highest BCUT2D eigenvalue weighted by Gasteiger charge is 2.19. The third kappa shape index (κ3) is 64.5. The standard InChI is InChI=1S/C73H122O6/c1-4-7-10-13-16-19-22-25-28-29-30-31-32-33-34-35-36-37-38-39-40-41-42-43-46-48-51-54-57-60-63-66-72(75)78-69-70(79-73(76)67-64-61-58-55-52-49-45-27-24-21-18-15-12-9-6-3)68-77-71(74)65-62-59-56-53-50-47-44-26-23-20-17-14-11-8-5-2/h8-9,11-12,17-18,20-22,25-27,29-30,44-45,50,52-53,55,70H,4-7,10,13-16,19,23-24,28,31-43,46-49,51,54,56-69H2,1-3H3/b11-8-,12-9-,20-17-,21-18-,25-22-,30-29-,44-26-,45-27-,53-50-,55-52-. The molecular weight excluding hydrogens is 973 g/mol. The molecule has 6 nitrogen and oxygen atoms in total. The summed E-state index contributed by atoms with van der Waals surface area (Å²) in [6, 6.07) is 0. The molecule has 0 bridgehead atoms. The van der Waals surface area contributed by atoms with Gasteiger partial charge in [-0.3, -0.25) is 14.4 Å². The van der Waals surface area contributed by atoms with Crippen molar-refractivity contribution in [3.05, 3.63) is 122 Å². The molecular formula is C73H122O6. The number of carbonyl (C=O) groups excluding carboxylic acids is 3. The Hall–Kier alpha value is -4.19. The van der Waals surface area contributed by atoms with Crippen LogP contribution in [0.5, 0.6) is 0 Å². The van der Waals surface area contributed by atoms with Crippen LogP contribution in [0.15, 0.2) is 122 Å². The van der Waals surface area contributed by atoms with E-state index in [-0.39, 0.29) is 37.5 Å². The molecule has 0 saturated carbocycles. The largest absolute Gasteiger partial charge is 0.462 e. The van der Waals surface area contributed by atoms with E-state index >= 15 is 0 Å². The number of allylic oxidation sites excluding steroid dienone is 20. The van der Waals surface area contributed by atoms with Crippen molar-refractivity contribution in [1.82, 2.24) is 0 Å². The maximum absolute atomic E-state index is 12.9. The quantitative estimate of drug-likeness (QED) is 0.0261. The van der Waals surface area contributed by atoms with Crippen LogP contribution in [0.4, 0.5) is 0 Å². The first-order chi connectivity index (χ1) is 39.0. The minimum Gasteiger partial charge on any atom is -0.462 e. The number of esters is 3. The van der Waals surface area contributed by atoms with Crippen molar-refractivity contribution in [2.45, 2.75) is 309 Å². The van der Waals surface area contributed by atoms with Gasteiger partial charge >= 0.3 is 17.9 Å². The molecule has 0 amide bonds. The topological polar surface area (TPSA) is 78.9 Å². The summed E-state index contributed by atoms with van der Waals surface area (Å²) in [6.45, 7) is 6.35. The first-order valence-electron chi connectivity index (χ1n) is 33.0. The van der Waals surface area contributed by atoms with Crippen molar-refractivity contribution in [3.8, 4) is 0 Å². The molecule has 0 aromatic carbocycles. The van der Waals surface area contributed by atoms with E-state index in [0.717, 1.165) is 103 Å². The Morgan fingerprint density at radius 2 is 0.494 bits per heavy atom. The summed E-state index contributed by atoms with van der Waals surface area (Å²) in [5, 5.41) is 0. The van der Waals surface area contributed by atoms with Gasteiger partial charge in [0, 0.05) is 19.3 Å². The first kappa shape index (κ1) is 74.8. The lowest BCUT2D eigenvalue weighted by Crippen LogP contribution is -2.30. The number of unbranched alkanes of at least 4 members (excludes halogenated alkanes) is 28. The van der Waals surface area contributed by atoms with Crippen molar-refractivity contribution in [1.29, 1.82) is 0 Å². The minimum atomic E-state index is -0.820. The lowest BCUT2D eigenvalue weighted by Gasteiger charge is -2.18. The fraction of sp³-hybridized carbons (Fsp3) is 0.685. The van der Waals surface area contributed by atoms with Gasteiger partial charge in [-0.15, -0.1) is 0 Å². The molecule has 79 heavy (non-hydrogen) atoms. The van der Waals surface area contributed by atoms with E-state index in [4.69, 9.17) is 14.2 Å². The molecule has 1 atom stereocenters. The molecule has 0 fully saturated rings. The maximum atomic E-state index is 12.9. The Balaban J connectivity index is 4.26. The average molecular weight is 1100 g/mol. The summed E-state index contributed by atoms with van der Waals surface area (Å²) in [7, 11) is 0. The van der Waals surface area contributed by atoms with Crippen molar-refractivity contribution in [2.75, 3.05) is 13.2 Å². The van der Waals surface area contributed by atoms with Gasteiger partial charge in [0.25, 0.3) is 0 Å². The van der Waals surface area contributed by atoms with Gasteiger partial charge in [0.05, 0.1) is 0 Å². The zero-order chi connectivity index (χ0) is 57.1. The summed E-state index contributed by atoms with van der Waals surface area (Å²) >= 11 is 0. The minimum absolute atomic E-state index is 0.109. The highest BCUT2D eigenvalue weighted by molar-refractivity contribution is 5.71. The van der Waals surface area contributed by atoms with E-state index in [1.54, 1.807) is 0 Å². The van der Waals surface area contributed by atoms with Gasteiger partial charge in [-0.25, -0.2) is 0 Å². The van der Waals surface area contributed by atoms with Crippen LogP contribution in [0.25, 0.3) is 0 Å². The SMILES string of the molecule is CC/C=C\C/C=C\C/C=C\C/C=C\CCCCC(=O)OCC(COC(=O)CCCCCCCCCCCCCCCCCCCCC/C=C\C/C=C\CCCCCCC)OC(=O)CCCC/C=C\C/C=C\C/C=C\C/C=C\CC. The van der Waals surface area contributed by atoms with Gasteiger partial charge in [0.2, 0.25) is 0 Å². The molecule has 6 heteroatoms. The molecule has 0 heterocycles. The molecule has 0 rings (SSSR count). The van der Waals surface area contributed by atoms with Gasteiger partial charge in [-0.2, -0.15) is 0 Å². The molecule has 0 aliphatic rings. The molecule has 450 valence electrons. The molecule has 0 saturated heterocycles. The molecule has 0 radical (unpaired) electrons. The normalized spacial score (nSPS) is 12.9. The van der Waals surface area contributed by atoms with Crippen LogP contribution in [0.3, 0.4) is 0 Å². The predicted molar refractivity (Wildman–Crippen MR) is 343 cm³/mol. The van der Waals surface area contributed by atoms with Crippen LogP contribution in [0.1, 0.15) is 303 Å². The number of hydrogen-bond acceptors (Lipinski definition) is 6. The molecule has 0 aromatic heterocycles. The Morgan fingerprint density at radius 3 is 0.797 bits per heavy atom. The van der Waals surface area contributed by atoms with Crippen molar-refractivity contribution >= 4 is 17.9 Å². The van der Waals surface area contributed by atoms with E-state index in [1.165, 1.54) is 148 Å². The summed E-state index contributed by atoms with van der Waals surface area (Å²) < 4.78 is 16.8. The monoisotopic (exact) mass is 1090 g/mol. The highest BCUT2D eigenvalue weighted by Crippen LogP contribution is 2.16. The van der Waals surface area contributed by atoms with E-state index in [0.29, 0.717) is 25.7 Å². The molecule has 0 N–H and O–H groups in total. The van der Waals surface area contributed by atoms with Crippen LogP contribution in [-0.2, 0) is 28.6 Å². The van der Waals surface area contributed by atoms with Crippen LogP contribution in [0.2, 0.25) is 0 Å². The molecule has 0 aromatic rings. The van der Waals surface area contributed by atoms with E-state index in [9.17, 15) is 14.4 Å². The third-order valence-electron chi connectivity index (χ3n) is 13.9. The zero-order valence-electron chi connectivity index (χ0n) is 51.6. The Kier molecular flexibility index (Phi) is 62.8. The molecule has 0 aliphatic heterocycles. The number of rotatable bonds is 59. The van der Waals surface area contributed by atoms with E-state index < -0.39 is 6.10 Å². The van der Waals surface area contributed by atoms with E-state index in [2.05, 4.69) is 142 Å². The second kappa shape index (κ2) is 66.3. The van der Waals surface area contributed by atoms with Crippen LogP contribution >= 0.6 is 0 Å². The summed E-state index contributed by atoms with van der Waals surface area (Å²) in [5.74, 6) is -0.989. The fourth-order valence-electron chi connectivity index (χ4n) is 9.04. The second-order valence-corrected chi connectivity index (χ2v) is 21.6. The van der Waals surface area contributed by atoms with Crippen molar-refractivity contribution < 1.29 is 28.6 Å². The third-order valence-corrected chi connectivity index (χ3v) is 13.9. The zero-order valence-corrected chi connectivity index (χ0v) is 51.6. The van der Waals surface area contributed by atoms with Crippen LogP contribution in [-0.4, -0.2) is 37.2 Å². The Morgan fingerprint density at radius 1 is 0.266 bits per heavy atom. The van der Waals surface area contributed by atoms with Gasteiger partial charge in [-0.1, -0.05) is 277 Å². The van der Waals surface area contributed by atoms with Gasteiger partial charge < -0.3 is 14.2 Å². The summed E-state index contributed by atoms with van der Waals surface area (Å²) in [5.41, 5.74) is 0. The second-order valence-electron chi connectivity index (χ2n) is 21.6. The Labute approximate surface area is 488 Å². The number of hydrogen-bond donors (Lipinski definition) is 0. The number of carbonyl (C=O) groups is 3. The van der Waals surface area contributed by atoms with E-state index in [1.807, 2.05) is 0 Å². The first-order valence-corrected chi connectivity index (χ1v) is 33.0. The van der Waals surface area contributed by atoms with Crippen molar-refractivity contribution in [2.24, 2.45) is 0 Å². The fourth-order valence-corrected chi connectivity index (χ4v) is 9.04.